The Labute approximate surface area is 885 Å². The fourth-order valence-electron chi connectivity index (χ4n) is 21.5. The van der Waals surface area contributed by atoms with Crippen LogP contribution < -0.4 is 32.7 Å². The smallest absolute Gasteiger partial charge is 0.328 e. The lowest BCUT2D eigenvalue weighted by atomic mass is 9.83. The van der Waals surface area contributed by atoms with Gasteiger partial charge in [-0.3, -0.25) is 71.9 Å². The molecule has 0 radical (unpaired) electrons. The van der Waals surface area contributed by atoms with E-state index in [1.54, 1.807) is 41.5 Å². The van der Waals surface area contributed by atoms with Crippen LogP contribution in [0.5, 0.6) is 0 Å². The van der Waals surface area contributed by atoms with Crippen molar-refractivity contribution in [1.82, 2.24) is 21.3 Å². The van der Waals surface area contributed by atoms with Crippen LogP contribution in [0.15, 0.2) is 146 Å². The zero-order chi connectivity index (χ0) is 110. The number of benzene rings is 6. The molecule has 0 spiro atoms. The molecule has 0 heterocycles. The molecule has 6 aromatic carbocycles. The van der Waals surface area contributed by atoms with Crippen molar-refractivity contribution < 1.29 is 105 Å². The Morgan fingerprint density at radius 1 is 0.347 bits per heavy atom. The molecule has 7 aliphatic rings. The number of methoxy groups -OCH3 is 1. The number of ether oxygens (including phenoxy) is 6. The van der Waals surface area contributed by atoms with Crippen LogP contribution in [0.3, 0.4) is 0 Å². The number of hydrogen-bond donors (Lipinski definition) is 6. The van der Waals surface area contributed by atoms with Gasteiger partial charge in [-0.25, -0.2) is 4.79 Å². The SMILES string of the molecule is CC(=O)OCC1c2ccccc2-c2ccccc21.CC(C)C[C@H](CC(=O)OC(C)(C)C)C(=O)N[C@@H](C[C@@H]1CCCCC1=O)C(N)=O.CC(C)C[C@H](CC(=O)OCC1c2ccccc2-c2ccccc21)C(=O)N[C@@H](C[C@@H]1CCCCC1=O)C(N)=O.CC(C)C[C@H](CC(=O)OCC1c2ccccc2-c2ccccc21)C(=O)N[C@H](C#N)C[C@@H]1CCCCC1=O.COC(=O)[C@H](C[C@@H]1CCCCC1=O)NC(=O)[C@@H](CC(=O)OC(C)(C)C)CC(C)C. The third-order valence-corrected chi connectivity index (χ3v) is 28.6. The van der Waals surface area contributed by atoms with Gasteiger partial charge in [-0.1, -0.05) is 227 Å². The number of carbonyl (C=O) groups excluding carboxylic acids is 16. The molecule has 29 heteroatoms. The van der Waals surface area contributed by atoms with Gasteiger partial charge in [-0.2, -0.15) is 5.26 Å². The van der Waals surface area contributed by atoms with Crippen molar-refractivity contribution in [3.63, 3.8) is 0 Å². The van der Waals surface area contributed by atoms with E-state index >= 15 is 0 Å². The summed E-state index contributed by atoms with van der Waals surface area (Å²) in [6.07, 6.45) is 14.9. The molecule has 12 atom stereocenters. The lowest BCUT2D eigenvalue weighted by Gasteiger charge is -2.27. The number of nitrogens with zero attached hydrogens (tertiary/aromatic N) is 1. The highest BCUT2D eigenvalue weighted by molar-refractivity contribution is 5.94. The van der Waals surface area contributed by atoms with Gasteiger partial charge >= 0.3 is 35.8 Å². The molecule has 7 aliphatic carbocycles. The van der Waals surface area contributed by atoms with Gasteiger partial charge < -0.3 is 61.2 Å². The fraction of sp³-hybridized carbons (Fsp3) is 0.562. The molecular formula is C121H161N7O22. The van der Waals surface area contributed by atoms with E-state index < -0.39 is 113 Å². The summed E-state index contributed by atoms with van der Waals surface area (Å²) in [5, 5.41) is 20.6. The maximum Gasteiger partial charge on any atom is 0.328 e. The van der Waals surface area contributed by atoms with Crippen molar-refractivity contribution >= 4 is 94.4 Å². The highest BCUT2D eigenvalue weighted by Gasteiger charge is 2.41. The molecule has 4 saturated carbocycles. The van der Waals surface area contributed by atoms with Crippen LogP contribution in [0.4, 0.5) is 0 Å². The highest BCUT2D eigenvalue weighted by Crippen LogP contribution is 2.48. The minimum Gasteiger partial charge on any atom is -0.467 e. The van der Waals surface area contributed by atoms with Crippen LogP contribution in [0.1, 0.15) is 335 Å². The van der Waals surface area contributed by atoms with Crippen molar-refractivity contribution in [2.24, 2.45) is 82.5 Å². The van der Waals surface area contributed by atoms with E-state index in [9.17, 15) is 82.0 Å². The Morgan fingerprint density at radius 2 is 0.587 bits per heavy atom. The van der Waals surface area contributed by atoms with Gasteiger partial charge in [0, 0.05) is 97.7 Å². The zero-order valence-corrected chi connectivity index (χ0v) is 90.8. The average Bonchev–Trinajstić information content (AvgIpc) is 1.61. The Bertz CT molecular complexity index is 5560. The van der Waals surface area contributed by atoms with Crippen molar-refractivity contribution in [3.05, 3.63) is 179 Å². The topological polar surface area (TPSA) is 452 Å². The van der Waals surface area contributed by atoms with Crippen LogP contribution in [-0.2, 0) is 105 Å². The quantitative estimate of drug-likeness (QED) is 0.0153. The number of nitrogens with two attached hydrogens (primary N) is 2. The van der Waals surface area contributed by atoms with Crippen molar-refractivity contribution in [1.29, 1.82) is 5.26 Å². The first-order chi connectivity index (χ1) is 71.2. The molecule has 8 N–H and O–H groups in total. The van der Waals surface area contributed by atoms with Crippen LogP contribution in [0.25, 0.3) is 33.4 Å². The van der Waals surface area contributed by atoms with E-state index in [4.69, 9.17) is 39.9 Å². The summed E-state index contributed by atoms with van der Waals surface area (Å²) >= 11 is 0. The van der Waals surface area contributed by atoms with Crippen LogP contribution in [0, 0.1) is 82.3 Å². The Morgan fingerprint density at radius 3 is 0.827 bits per heavy atom. The first-order valence-corrected chi connectivity index (χ1v) is 54.0. The predicted octanol–water partition coefficient (Wildman–Crippen LogP) is 19.1. The number of primary amides is 2. The first-order valence-electron chi connectivity index (χ1n) is 54.0. The summed E-state index contributed by atoms with van der Waals surface area (Å²) in [5.74, 6) is -7.48. The van der Waals surface area contributed by atoms with Crippen LogP contribution >= 0.6 is 0 Å². The average molecular weight is 2070 g/mol. The van der Waals surface area contributed by atoms with E-state index in [1.807, 2.05) is 128 Å². The highest BCUT2D eigenvalue weighted by atomic mass is 16.6. The third kappa shape index (κ3) is 37.6. The van der Waals surface area contributed by atoms with Gasteiger partial charge in [0.05, 0.1) is 38.9 Å². The summed E-state index contributed by atoms with van der Waals surface area (Å²) < 4.78 is 32.2. The number of esters is 6. The second kappa shape index (κ2) is 58.5. The number of nitriles is 1. The van der Waals surface area contributed by atoms with Gasteiger partial charge in [0.1, 0.15) is 78.3 Å². The lowest BCUT2D eigenvalue weighted by molar-refractivity contribution is -0.158. The molecule has 4 fully saturated rings. The molecule has 6 amide bonds. The molecule has 0 unspecified atom stereocenters. The Hall–Kier alpha value is -12.9. The molecule has 812 valence electrons. The number of Topliss-reactive ketones (excluding diaryl/α,β-unsaturated/α-hetero) is 4. The van der Waals surface area contributed by atoms with E-state index in [2.05, 4.69) is 100 Å². The third-order valence-electron chi connectivity index (χ3n) is 28.6. The fourth-order valence-corrected chi connectivity index (χ4v) is 21.5. The second-order valence-electron chi connectivity index (χ2n) is 44.9. The molecule has 0 aromatic heterocycles. The molecule has 150 heavy (non-hydrogen) atoms. The van der Waals surface area contributed by atoms with E-state index in [0.717, 1.165) is 109 Å². The zero-order valence-electron chi connectivity index (χ0n) is 90.8. The standard InChI is InChI=1S/C31H38N2O5.C31H36N2O4.C22H37NO6.C21H36N2O5.C16H14O2/c1-19(2)15-21(31(37)33-27(30(32)36)16-20-9-3-8-14-28(20)34)17-29(35)38-18-26-24-12-6-4-10-22(24)23-11-5-7-13-25(23)26;1-20(2)15-22(31(36)33-23(18-32)16-21-9-3-8-14-29(21)34)17-30(35)37-19-28-26-12-6-4-10-24(26)25-11-5-7-13-27(25)28;1-14(2)11-16(13-19(25)29-22(3,4)5)20(26)23-17(21(27)28-6)12-15-9-7-8-10-18(15)24;1-13(2)10-15(12-18(25)28-21(3,4)5)20(27)23-16(19(22)26)11-14-8-6-7-9-17(14)24;1-11(17)18-10-16-14-8-4-2-6-12(14)13-7-3-5-9-15(13)16/h4-7,10-13,19-21,26-27H,3,8-9,14-18H2,1-2H3,(H2,32,36)(H,33,37);4-7,10-13,20-23,28H,3,8-9,14-17,19H2,1-2H3,(H,33,36);14-17H,7-13H2,1-6H3,(H,23,26);13-16H,6-12H2,1-5H3,(H2,22,26)(H,23,27);2-9,16H,10H2,1H3/t20-,21+,27-;21-,22+,23-;15-,16+,17-;14-,15+,16-;/m0000./s1. The number of ketones is 4. The summed E-state index contributed by atoms with van der Waals surface area (Å²) in [5.41, 5.74) is 24.0. The Kier molecular flexibility index (Phi) is 47.1. The van der Waals surface area contributed by atoms with Gasteiger partial charge in [0.15, 0.2) is 0 Å². The van der Waals surface area contributed by atoms with E-state index in [1.165, 1.54) is 36.3 Å². The predicted molar refractivity (Wildman–Crippen MR) is 572 cm³/mol. The largest absolute Gasteiger partial charge is 0.467 e. The van der Waals surface area contributed by atoms with Crippen molar-refractivity contribution in [2.45, 2.75) is 337 Å². The molecule has 0 aliphatic heterocycles. The molecule has 13 rings (SSSR count). The molecule has 0 bridgehead atoms. The number of nitrogens with one attached hydrogen (secondary N) is 4. The summed E-state index contributed by atoms with van der Waals surface area (Å²) in [6.45, 7) is 28.7. The summed E-state index contributed by atoms with van der Waals surface area (Å²) in [4.78, 5) is 198. The maximum atomic E-state index is 13.2. The number of carbonyl (C=O) groups is 16. The number of hydrogen-bond acceptors (Lipinski definition) is 23. The van der Waals surface area contributed by atoms with E-state index in [-0.39, 0.29) is 164 Å². The second-order valence-corrected chi connectivity index (χ2v) is 44.9. The van der Waals surface area contributed by atoms with Gasteiger partial charge in [0.2, 0.25) is 35.4 Å². The van der Waals surface area contributed by atoms with Gasteiger partial charge in [0.25, 0.3) is 0 Å². The van der Waals surface area contributed by atoms with Crippen LogP contribution in [-0.4, -0.2) is 157 Å². The Balaban J connectivity index is 0.000000212. The molecule has 29 nitrogen and oxygen atoms in total. The van der Waals surface area contributed by atoms with Gasteiger partial charge in [-0.05, 0) is 235 Å². The molecular weight excluding hydrogens is 1900 g/mol. The monoisotopic (exact) mass is 2060 g/mol. The summed E-state index contributed by atoms with van der Waals surface area (Å²) in [6, 6.07) is 47.9. The van der Waals surface area contributed by atoms with Crippen molar-refractivity contribution in [2.75, 3.05) is 26.9 Å². The number of amides is 6. The van der Waals surface area contributed by atoms with Crippen LogP contribution in [0.2, 0.25) is 0 Å². The van der Waals surface area contributed by atoms with Gasteiger partial charge in [-0.15, -0.1) is 0 Å². The number of fused-ring (bicyclic) bond motifs is 9. The van der Waals surface area contributed by atoms with E-state index in [0.29, 0.717) is 77.2 Å². The minimum atomic E-state index is -0.938. The first kappa shape index (κ1) is 121. The lowest BCUT2D eigenvalue weighted by Crippen LogP contribution is -2.48. The van der Waals surface area contributed by atoms with Crippen molar-refractivity contribution in [3.8, 4) is 39.4 Å². The maximum absolute atomic E-state index is 13.2. The molecule has 0 saturated heterocycles. The number of rotatable bonds is 41. The molecule has 6 aromatic rings. The summed E-state index contributed by atoms with van der Waals surface area (Å²) in [7, 11) is 1.26. The minimum absolute atomic E-state index is 0.0373. The normalized spacial score (nSPS) is 18.2.